The molecule has 0 aliphatic heterocycles. The molecule has 2 rings (SSSR count). The minimum atomic E-state index is -4.14. The summed E-state index contributed by atoms with van der Waals surface area (Å²) in [5, 5.41) is -0.543. The van der Waals surface area contributed by atoms with Crippen LogP contribution in [0.3, 0.4) is 0 Å². The Morgan fingerprint density at radius 1 is 1.04 bits per heavy atom. The van der Waals surface area contributed by atoms with Gasteiger partial charge in [-0.15, -0.1) is 0 Å². The summed E-state index contributed by atoms with van der Waals surface area (Å²) < 4.78 is 39.2. The number of hydrogen-bond donors (Lipinski definition) is 0. The van der Waals surface area contributed by atoms with Crippen molar-refractivity contribution in [2.24, 2.45) is 0 Å². The number of anilines is 1. The van der Waals surface area contributed by atoms with Crippen molar-refractivity contribution in [3.05, 3.63) is 58.3 Å². The molecular weight excluding hydrogens is 388 g/mol. The molecule has 0 spiro atoms. The molecule has 2 aromatic rings. The van der Waals surface area contributed by atoms with Crippen LogP contribution in [0.25, 0.3) is 0 Å². The standard InChI is InChI=1S/C14H9Cl3FNO3S/c15-12-6-3-10(7-13(12)16)19(8-14(17)20)23(21,22)11-4-1-9(18)2-5-11/h1-7H,8H2. The third-order valence-corrected chi connectivity index (χ3v) is 5.51. The average Bonchev–Trinajstić information content (AvgIpc) is 2.48. The predicted molar refractivity (Wildman–Crippen MR) is 88.3 cm³/mol. The SMILES string of the molecule is O=C(Cl)CN(c1ccc(Cl)c(Cl)c1)S(=O)(=O)c1ccc(F)cc1. The molecular formula is C14H9Cl3FNO3S. The van der Waals surface area contributed by atoms with E-state index in [2.05, 4.69) is 0 Å². The highest BCUT2D eigenvalue weighted by molar-refractivity contribution is 7.92. The van der Waals surface area contributed by atoms with E-state index < -0.39 is 27.6 Å². The fourth-order valence-electron chi connectivity index (χ4n) is 1.80. The third kappa shape index (κ3) is 4.14. The minimum Gasteiger partial charge on any atom is -0.279 e. The Bertz CT molecular complexity index is 841. The first-order valence-electron chi connectivity index (χ1n) is 6.13. The second kappa shape index (κ2) is 7.05. The van der Waals surface area contributed by atoms with Crippen molar-refractivity contribution in [3.8, 4) is 0 Å². The zero-order valence-corrected chi connectivity index (χ0v) is 14.4. The summed E-state index contributed by atoms with van der Waals surface area (Å²) in [4.78, 5) is 11.1. The molecule has 0 fully saturated rings. The largest absolute Gasteiger partial charge is 0.279 e. The van der Waals surface area contributed by atoms with Crippen LogP contribution in [0.2, 0.25) is 10.0 Å². The molecule has 0 aliphatic carbocycles. The van der Waals surface area contributed by atoms with E-state index in [1.54, 1.807) is 0 Å². The van der Waals surface area contributed by atoms with Crippen LogP contribution in [-0.2, 0) is 14.8 Å². The zero-order chi connectivity index (χ0) is 17.2. The van der Waals surface area contributed by atoms with Gasteiger partial charge in [0, 0.05) is 0 Å². The van der Waals surface area contributed by atoms with Crippen LogP contribution in [0.15, 0.2) is 47.4 Å². The monoisotopic (exact) mass is 395 g/mol. The lowest BCUT2D eigenvalue weighted by atomic mass is 10.3. The van der Waals surface area contributed by atoms with Crippen molar-refractivity contribution in [3.63, 3.8) is 0 Å². The summed E-state index contributed by atoms with van der Waals surface area (Å²) in [7, 11) is -4.14. The molecule has 0 N–H and O–H groups in total. The summed E-state index contributed by atoms with van der Waals surface area (Å²) >= 11 is 17.0. The lowest BCUT2D eigenvalue weighted by Gasteiger charge is -2.23. The highest BCUT2D eigenvalue weighted by Gasteiger charge is 2.27. The van der Waals surface area contributed by atoms with Crippen LogP contribution in [-0.4, -0.2) is 20.2 Å². The van der Waals surface area contributed by atoms with E-state index in [-0.39, 0.29) is 20.6 Å². The maximum Gasteiger partial charge on any atom is 0.264 e. The fraction of sp³-hybridized carbons (Fsp3) is 0.0714. The van der Waals surface area contributed by atoms with Crippen molar-refractivity contribution in [2.75, 3.05) is 10.8 Å². The van der Waals surface area contributed by atoms with Crippen LogP contribution in [0, 0.1) is 5.82 Å². The van der Waals surface area contributed by atoms with Gasteiger partial charge in [0.15, 0.2) is 0 Å². The number of rotatable bonds is 5. The number of carbonyl (C=O) groups is 1. The Kier molecular flexibility index (Phi) is 5.52. The molecule has 23 heavy (non-hydrogen) atoms. The minimum absolute atomic E-state index is 0.109. The van der Waals surface area contributed by atoms with Gasteiger partial charge in [0.2, 0.25) is 5.24 Å². The normalized spacial score (nSPS) is 11.3. The van der Waals surface area contributed by atoms with Gasteiger partial charge >= 0.3 is 0 Å². The van der Waals surface area contributed by atoms with Gasteiger partial charge in [-0.25, -0.2) is 12.8 Å². The Hall–Kier alpha value is -1.34. The van der Waals surface area contributed by atoms with E-state index >= 15 is 0 Å². The van der Waals surface area contributed by atoms with Crippen molar-refractivity contribution in [2.45, 2.75) is 4.90 Å². The van der Waals surface area contributed by atoms with E-state index in [1.807, 2.05) is 0 Å². The van der Waals surface area contributed by atoms with Gasteiger partial charge in [-0.2, -0.15) is 0 Å². The van der Waals surface area contributed by atoms with Crippen molar-refractivity contribution in [1.82, 2.24) is 0 Å². The van der Waals surface area contributed by atoms with Gasteiger partial charge < -0.3 is 0 Å². The molecule has 0 saturated heterocycles. The number of benzene rings is 2. The molecule has 0 heterocycles. The highest BCUT2D eigenvalue weighted by atomic mass is 35.5. The second-order valence-electron chi connectivity index (χ2n) is 4.42. The number of sulfonamides is 1. The Morgan fingerprint density at radius 3 is 2.17 bits per heavy atom. The summed E-state index contributed by atoms with van der Waals surface area (Å²) in [5.41, 5.74) is 0.109. The first kappa shape index (κ1) is 18.0. The number of carbonyl (C=O) groups excluding carboxylic acids is 1. The first-order valence-corrected chi connectivity index (χ1v) is 8.71. The van der Waals surface area contributed by atoms with Crippen molar-refractivity contribution >= 4 is 55.8 Å². The van der Waals surface area contributed by atoms with Crippen LogP contribution < -0.4 is 4.31 Å². The van der Waals surface area contributed by atoms with Crippen molar-refractivity contribution < 1.29 is 17.6 Å². The second-order valence-corrected chi connectivity index (χ2v) is 7.52. The smallest absolute Gasteiger partial charge is 0.264 e. The van der Waals surface area contributed by atoms with E-state index in [1.165, 1.54) is 18.2 Å². The quantitative estimate of drug-likeness (QED) is 0.715. The molecule has 0 unspecified atom stereocenters. The molecule has 0 atom stereocenters. The maximum absolute atomic E-state index is 13.0. The van der Waals surface area contributed by atoms with Gasteiger partial charge in [-0.05, 0) is 54.1 Å². The zero-order valence-electron chi connectivity index (χ0n) is 11.3. The summed E-state index contributed by atoms with van der Waals surface area (Å²) in [6.45, 7) is -0.612. The van der Waals surface area contributed by atoms with Crippen LogP contribution in [0.4, 0.5) is 10.1 Å². The molecule has 0 amide bonds. The summed E-state index contributed by atoms with van der Waals surface area (Å²) in [5.74, 6) is -0.585. The first-order chi connectivity index (χ1) is 10.7. The van der Waals surface area contributed by atoms with Gasteiger partial charge in [0.1, 0.15) is 12.4 Å². The topological polar surface area (TPSA) is 54.5 Å². The summed E-state index contributed by atoms with van der Waals surface area (Å²) in [6.07, 6.45) is 0. The molecule has 0 saturated carbocycles. The van der Waals surface area contributed by atoms with E-state index in [0.717, 1.165) is 28.6 Å². The fourth-order valence-corrected chi connectivity index (χ4v) is 3.70. The average molecular weight is 397 g/mol. The van der Waals surface area contributed by atoms with Crippen molar-refractivity contribution in [1.29, 1.82) is 0 Å². The van der Waals surface area contributed by atoms with Gasteiger partial charge in [0.25, 0.3) is 10.0 Å². The van der Waals surface area contributed by atoms with Crippen LogP contribution >= 0.6 is 34.8 Å². The predicted octanol–water partition coefficient (Wildman–Crippen LogP) is 4.09. The molecule has 2 aromatic carbocycles. The Morgan fingerprint density at radius 2 is 1.65 bits per heavy atom. The molecule has 0 aromatic heterocycles. The number of nitrogens with zero attached hydrogens (tertiary/aromatic N) is 1. The third-order valence-electron chi connectivity index (χ3n) is 2.86. The Labute approximate surface area is 147 Å². The molecule has 0 radical (unpaired) electrons. The molecule has 4 nitrogen and oxygen atoms in total. The molecule has 0 aliphatic rings. The van der Waals surface area contributed by atoms with E-state index in [9.17, 15) is 17.6 Å². The maximum atomic E-state index is 13.0. The van der Waals surface area contributed by atoms with Gasteiger partial charge in [0.05, 0.1) is 20.6 Å². The van der Waals surface area contributed by atoms with Crippen LogP contribution in [0.5, 0.6) is 0 Å². The van der Waals surface area contributed by atoms with Gasteiger partial charge in [-0.3, -0.25) is 9.10 Å². The molecule has 122 valence electrons. The van der Waals surface area contributed by atoms with Crippen LogP contribution in [0.1, 0.15) is 0 Å². The number of hydrogen-bond acceptors (Lipinski definition) is 3. The molecule has 9 heteroatoms. The lowest BCUT2D eigenvalue weighted by molar-refractivity contribution is -0.110. The Balaban J connectivity index is 2.55. The van der Waals surface area contributed by atoms with Gasteiger partial charge in [-0.1, -0.05) is 23.2 Å². The lowest BCUT2D eigenvalue weighted by Crippen LogP contribution is -2.34. The van der Waals surface area contributed by atoms with E-state index in [4.69, 9.17) is 34.8 Å². The highest BCUT2D eigenvalue weighted by Crippen LogP contribution is 2.30. The molecule has 0 bridgehead atoms. The number of halogens is 4. The summed E-state index contributed by atoms with van der Waals surface area (Å²) in [6, 6.07) is 8.26. The van der Waals surface area contributed by atoms with E-state index in [0.29, 0.717) is 0 Å².